The lowest BCUT2D eigenvalue weighted by molar-refractivity contribution is -0.147. The predicted octanol–water partition coefficient (Wildman–Crippen LogP) is 4.74. The highest BCUT2D eigenvalue weighted by molar-refractivity contribution is 5.81. The van der Waals surface area contributed by atoms with Crippen LogP contribution in [0.4, 0.5) is 4.79 Å². The van der Waals surface area contributed by atoms with Crippen LogP contribution in [0.1, 0.15) is 78.7 Å². The number of esters is 3. The van der Waals surface area contributed by atoms with Crippen LogP contribution in [0.15, 0.2) is 18.2 Å². The minimum absolute atomic E-state index is 0.0243. The molecule has 0 aliphatic rings. The number of hydrogen-bond acceptors (Lipinski definition) is 10. The van der Waals surface area contributed by atoms with Crippen LogP contribution in [0.5, 0.6) is 11.5 Å². The summed E-state index contributed by atoms with van der Waals surface area (Å²) in [5.74, 6) is -1.38. The first-order chi connectivity index (χ1) is 17.9. The molecule has 1 rings (SSSR count). The van der Waals surface area contributed by atoms with Gasteiger partial charge in [0.05, 0.1) is 20.3 Å². The molecule has 0 saturated heterocycles. The van der Waals surface area contributed by atoms with Crippen LogP contribution >= 0.6 is 0 Å². The van der Waals surface area contributed by atoms with Gasteiger partial charge in [-0.05, 0) is 36.0 Å². The normalized spacial score (nSPS) is 12.6. The van der Waals surface area contributed by atoms with Crippen LogP contribution < -0.4 is 15.2 Å². The maximum atomic E-state index is 12.6. The highest BCUT2D eigenvalue weighted by Crippen LogP contribution is 2.31. The summed E-state index contributed by atoms with van der Waals surface area (Å²) in [6.07, 6.45) is 2.12. The van der Waals surface area contributed by atoms with Crippen LogP contribution in [0.2, 0.25) is 0 Å². The fourth-order valence-electron chi connectivity index (χ4n) is 3.52. The summed E-state index contributed by atoms with van der Waals surface area (Å²) in [6.45, 7) is 9.66. The number of nitrogens with two attached hydrogens (primary N) is 1. The van der Waals surface area contributed by atoms with Crippen LogP contribution in [0, 0.1) is 11.8 Å². The van der Waals surface area contributed by atoms with Crippen molar-refractivity contribution in [3.05, 3.63) is 23.8 Å². The van der Waals surface area contributed by atoms with E-state index in [1.165, 1.54) is 19.2 Å². The fraction of sp³-hybridized carbons (Fsp3) is 0.643. The van der Waals surface area contributed by atoms with Gasteiger partial charge >= 0.3 is 24.1 Å². The van der Waals surface area contributed by atoms with Crippen LogP contribution in [-0.2, 0) is 35.0 Å². The molecule has 0 spiro atoms. The van der Waals surface area contributed by atoms with Gasteiger partial charge in [-0.3, -0.25) is 14.4 Å². The first-order valence-electron chi connectivity index (χ1n) is 13.1. The SMILES string of the molecule is CCCCCOC(=O)OCC[C@@](N)(Cc1ccc(OC(=O)CC(C)C)c(OC(=O)CC(C)C)c1)C(=O)OC. The Kier molecular flexibility index (Phi) is 14.4. The topological polar surface area (TPSA) is 140 Å². The number of benzene rings is 1. The van der Waals surface area contributed by atoms with E-state index in [1.54, 1.807) is 6.07 Å². The molecule has 0 aromatic heterocycles. The van der Waals surface area contributed by atoms with Crippen molar-refractivity contribution >= 4 is 24.1 Å². The Hall–Kier alpha value is -3.14. The summed E-state index contributed by atoms with van der Waals surface area (Å²) < 4.78 is 25.9. The van der Waals surface area contributed by atoms with Gasteiger partial charge in [-0.15, -0.1) is 0 Å². The van der Waals surface area contributed by atoms with E-state index in [-0.39, 0.29) is 62.2 Å². The second-order valence-corrected chi connectivity index (χ2v) is 10.2. The first kappa shape index (κ1) is 32.9. The molecule has 10 heteroatoms. The van der Waals surface area contributed by atoms with Crippen molar-refractivity contribution in [2.75, 3.05) is 20.3 Å². The second-order valence-electron chi connectivity index (χ2n) is 10.2. The highest BCUT2D eigenvalue weighted by atomic mass is 16.7. The lowest BCUT2D eigenvalue weighted by Crippen LogP contribution is -2.51. The number of hydrogen-bond donors (Lipinski definition) is 1. The maximum Gasteiger partial charge on any atom is 0.508 e. The quantitative estimate of drug-likeness (QED) is 0.179. The fourth-order valence-corrected chi connectivity index (χ4v) is 3.52. The van der Waals surface area contributed by atoms with Crippen LogP contribution in [0.25, 0.3) is 0 Å². The average molecular weight is 538 g/mol. The molecular formula is C28H43NO9. The van der Waals surface area contributed by atoms with E-state index >= 15 is 0 Å². The highest BCUT2D eigenvalue weighted by Gasteiger charge is 2.36. The Labute approximate surface area is 225 Å². The van der Waals surface area contributed by atoms with Crippen molar-refractivity contribution in [2.45, 2.75) is 85.1 Å². The van der Waals surface area contributed by atoms with E-state index in [1.807, 2.05) is 34.6 Å². The monoisotopic (exact) mass is 537 g/mol. The molecule has 0 bridgehead atoms. The third-order valence-corrected chi connectivity index (χ3v) is 5.45. The molecule has 38 heavy (non-hydrogen) atoms. The Morgan fingerprint density at radius 1 is 0.868 bits per heavy atom. The van der Waals surface area contributed by atoms with Crippen molar-refractivity contribution in [3.63, 3.8) is 0 Å². The van der Waals surface area contributed by atoms with Crippen molar-refractivity contribution in [2.24, 2.45) is 17.6 Å². The zero-order valence-electron chi connectivity index (χ0n) is 23.5. The zero-order chi connectivity index (χ0) is 28.7. The third kappa shape index (κ3) is 12.4. The number of unbranched alkanes of at least 4 members (excludes halogenated alkanes) is 2. The molecule has 10 nitrogen and oxygen atoms in total. The number of carbonyl (C=O) groups excluding carboxylic acids is 4. The van der Waals surface area contributed by atoms with Gasteiger partial charge in [-0.25, -0.2) is 4.79 Å². The van der Waals surface area contributed by atoms with Crippen LogP contribution in [-0.4, -0.2) is 49.9 Å². The molecule has 0 saturated carbocycles. The largest absolute Gasteiger partial charge is 0.508 e. The van der Waals surface area contributed by atoms with Gasteiger partial charge in [0.2, 0.25) is 0 Å². The lowest BCUT2D eigenvalue weighted by atomic mass is 9.88. The van der Waals surface area contributed by atoms with E-state index in [0.29, 0.717) is 5.56 Å². The standard InChI is InChI=1S/C28H43NO9/c1-7-8-9-13-35-27(33)36-14-12-28(29,26(32)34-6)18-21-10-11-22(37-24(30)15-19(2)3)23(17-21)38-25(31)16-20(4)5/h10-11,17,19-20H,7-9,12-16,18,29H2,1-6H3/t28-/m1/s1. The van der Waals surface area contributed by atoms with E-state index in [9.17, 15) is 19.2 Å². The smallest absolute Gasteiger partial charge is 0.468 e. The number of carbonyl (C=O) groups is 4. The number of rotatable bonds is 16. The average Bonchev–Trinajstić information content (AvgIpc) is 2.81. The van der Waals surface area contributed by atoms with Crippen molar-refractivity contribution in [1.29, 1.82) is 0 Å². The van der Waals surface area contributed by atoms with Crippen LogP contribution in [0.3, 0.4) is 0 Å². The molecule has 0 heterocycles. The van der Waals surface area contributed by atoms with Gasteiger partial charge in [0, 0.05) is 25.7 Å². The summed E-state index contributed by atoms with van der Waals surface area (Å²) >= 11 is 0. The molecule has 0 fully saturated rings. The molecule has 2 N–H and O–H groups in total. The Morgan fingerprint density at radius 2 is 1.45 bits per heavy atom. The Bertz CT molecular complexity index is 929. The van der Waals surface area contributed by atoms with E-state index in [4.69, 9.17) is 29.4 Å². The van der Waals surface area contributed by atoms with E-state index < -0.39 is 29.6 Å². The van der Waals surface area contributed by atoms with Gasteiger partial charge in [-0.1, -0.05) is 53.5 Å². The molecule has 0 aliphatic carbocycles. The van der Waals surface area contributed by atoms with Crippen molar-refractivity contribution in [1.82, 2.24) is 0 Å². The van der Waals surface area contributed by atoms with E-state index in [2.05, 4.69) is 0 Å². The Morgan fingerprint density at radius 3 is 2.00 bits per heavy atom. The number of methoxy groups -OCH3 is 1. The molecular weight excluding hydrogens is 494 g/mol. The lowest BCUT2D eigenvalue weighted by Gasteiger charge is -2.26. The third-order valence-electron chi connectivity index (χ3n) is 5.45. The zero-order valence-corrected chi connectivity index (χ0v) is 23.5. The van der Waals surface area contributed by atoms with Gasteiger partial charge in [0.1, 0.15) is 5.54 Å². The summed E-state index contributed by atoms with van der Waals surface area (Å²) in [4.78, 5) is 49.0. The molecule has 0 unspecified atom stereocenters. The molecule has 214 valence electrons. The minimum atomic E-state index is -1.55. The summed E-state index contributed by atoms with van der Waals surface area (Å²) in [7, 11) is 1.21. The maximum absolute atomic E-state index is 12.6. The number of ether oxygens (including phenoxy) is 5. The summed E-state index contributed by atoms with van der Waals surface area (Å²) in [5, 5.41) is 0. The molecule has 1 atom stereocenters. The van der Waals surface area contributed by atoms with Gasteiger partial charge < -0.3 is 29.4 Å². The van der Waals surface area contributed by atoms with Crippen molar-refractivity contribution in [3.8, 4) is 11.5 Å². The summed E-state index contributed by atoms with van der Waals surface area (Å²) in [6, 6.07) is 4.61. The molecule has 1 aromatic carbocycles. The van der Waals surface area contributed by atoms with Gasteiger partial charge in [0.25, 0.3) is 0 Å². The van der Waals surface area contributed by atoms with E-state index in [0.717, 1.165) is 19.3 Å². The first-order valence-corrected chi connectivity index (χ1v) is 13.1. The van der Waals surface area contributed by atoms with Gasteiger partial charge in [-0.2, -0.15) is 0 Å². The molecule has 0 aliphatic heterocycles. The molecule has 1 aromatic rings. The molecule has 0 radical (unpaired) electrons. The van der Waals surface area contributed by atoms with Crippen molar-refractivity contribution < 1.29 is 42.9 Å². The Balaban J connectivity index is 3.05. The van der Waals surface area contributed by atoms with Gasteiger partial charge in [0.15, 0.2) is 11.5 Å². The summed E-state index contributed by atoms with van der Waals surface area (Å²) in [5.41, 5.74) is 5.38. The second kappa shape index (κ2) is 16.7. The minimum Gasteiger partial charge on any atom is -0.468 e. The molecule has 0 amide bonds. The predicted molar refractivity (Wildman–Crippen MR) is 141 cm³/mol.